The van der Waals surface area contributed by atoms with Gasteiger partial charge in [-0.2, -0.15) is 0 Å². The Morgan fingerprint density at radius 1 is 1.25 bits per heavy atom. The van der Waals surface area contributed by atoms with Gasteiger partial charge in [-0.15, -0.1) is 0 Å². The van der Waals surface area contributed by atoms with E-state index in [1.54, 1.807) is 0 Å². The molecule has 0 heterocycles. The summed E-state index contributed by atoms with van der Waals surface area (Å²) < 4.78 is 6.75. The first-order valence-corrected chi connectivity index (χ1v) is 12.1. The summed E-state index contributed by atoms with van der Waals surface area (Å²) in [6, 6.07) is 0. The Morgan fingerprint density at radius 2 is 1.83 bits per heavy atom. The fourth-order valence-electron chi connectivity index (χ4n) is 3.84. The number of hydrogen-bond acceptors (Lipinski definition) is 3. The molecule has 0 aromatic heterocycles. The van der Waals surface area contributed by atoms with Crippen molar-refractivity contribution in [1.29, 1.82) is 0 Å². The highest BCUT2D eigenvalue weighted by molar-refractivity contribution is 6.74. The number of rotatable bonds is 2. The van der Waals surface area contributed by atoms with Crippen molar-refractivity contribution in [3.05, 3.63) is 23.8 Å². The smallest absolute Gasteiger partial charge is 0.192 e. The van der Waals surface area contributed by atoms with Crippen molar-refractivity contribution < 1.29 is 14.6 Å². The first-order valence-electron chi connectivity index (χ1n) is 9.15. The molecule has 2 aliphatic carbocycles. The van der Waals surface area contributed by atoms with Crippen molar-refractivity contribution in [2.75, 3.05) is 0 Å². The molecule has 2 N–H and O–H groups in total. The van der Waals surface area contributed by atoms with Crippen LogP contribution in [0.1, 0.15) is 54.4 Å². The average Bonchev–Trinajstić information content (AvgIpc) is 2.54. The number of aliphatic hydroxyl groups excluding tert-OH is 1. The summed E-state index contributed by atoms with van der Waals surface area (Å²) in [4.78, 5) is 0. The number of aliphatic hydroxyl groups is 2. The van der Waals surface area contributed by atoms with Crippen molar-refractivity contribution in [2.24, 2.45) is 11.3 Å². The summed E-state index contributed by atoms with van der Waals surface area (Å²) in [6.07, 6.45) is 6.67. The minimum atomic E-state index is -1.92. The van der Waals surface area contributed by atoms with Crippen LogP contribution in [-0.2, 0) is 4.43 Å². The van der Waals surface area contributed by atoms with Gasteiger partial charge in [-0.05, 0) is 49.4 Å². The minimum absolute atomic E-state index is 0.0238. The predicted molar refractivity (Wildman–Crippen MR) is 102 cm³/mol. The van der Waals surface area contributed by atoms with Gasteiger partial charge in [0, 0.05) is 5.41 Å². The van der Waals surface area contributed by atoms with Crippen LogP contribution in [0.4, 0.5) is 0 Å². The van der Waals surface area contributed by atoms with Crippen molar-refractivity contribution >= 4 is 8.32 Å². The Labute approximate surface area is 148 Å². The van der Waals surface area contributed by atoms with Crippen molar-refractivity contribution in [3.8, 4) is 0 Å². The number of hydrogen-bond donors (Lipinski definition) is 2. The van der Waals surface area contributed by atoms with Gasteiger partial charge in [-0.3, -0.25) is 0 Å². The lowest BCUT2D eigenvalue weighted by atomic mass is 9.62. The quantitative estimate of drug-likeness (QED) is 0.571. The standard InChI is InChI=1S/C20H36O3Si/c1-14-11-12-15-16(23-24(7,8)18(2,3)4)10-9-13-20(22,17(14)21)19(15,5)6/h9-11,15-17,21-22H,12-13H2,1-8H3/t15-,16-,17+,20+/m1/s1. The molecule has 0 radical (unpaired) electrons. The van der Waals surface area contributed by atoms with E-state index in [1.165, 1.54) is 0 Å². The largest absolute Gasteiger partial charge is 0.410 e. The van der Waals surface area contributed by atoms with Crippen LogP contribution >= 0.6 is 0 Å². The average molecular weight is 353 g/mol. The molecule has 138 valence electrons. The molecular formula is C20H36O3Si. The molecule has 2 bridgehead atoms. The van der Waals surface area contributed by atoms with Gasteiger partial charge in [0.1, 0.15) is 11.7 Å². The highest BCUT2D eigenvalue weighted by Crippen LogP contribution is 2.52. The maximum absolute atomic E-state index is 11.4. The zero-order valence-corrected chi connectivity index (χ0v) is 17.7. The highest BCUT2D eigenvalue weighted by Gasteiger charge is 2.57. The van der Waals surface area contributed by atoms with Gasteiger partial charge < -0.3 is 14.6 Å². The van der Waals surface area contributed by atoms with Crippen LogP contribution in [-0.4, -0.2) is 36.3 Å². The molecule has 0 saturated heterocycles. The Balaban J connectivity index is 2.45. The summed E-state index contributed by atoms with van der Waals surface area (Å²) in [7, 11) is -1.92. The second-order valence-corrected chi connectivity index (χ2v) is 14.6. The van der Waals surface area contributed by atoms with E-state index in [0.29, 0.717) is 6.42 Å². The SMILES string of the molecule is CC1=CC[C@@H]2[C@H](O[Si](C)(C)C(C)(C)C)C=CC[C@](O)([C@H]1O)C2(C)C. The van der Waals surface area contributed by atoms with E-state index in [4.69, 9.17) is 4.43 Å². The molecule has 2 aliphatic rings. The Bertz CT molecular complexity index is 542. The molecule has 2 rings (SSSR count). The lowest BCUT2D eigenvalue weighted by Crippen LogP contribution is -2.58. The van der Waals surface area contributed by atoms with Gasteiger partial charge in [-0.25, -0.2) is 0 Å². The van der Waals surface area contributed by atoms with Gasteiger partial charge in [0.05, 0.1) is 6.10 Å². The predicted octanol–water partition coefficient (Wildman–Crippen LogP) is 4.42. The van der Waals surface area contributed by atoms with Crippen molar-refractivity contribution in [3.63, 3.8) is 0 Å². The second kappa shape index (κ2) is 6.08. The normalized spacial score (nSPS) is 36.8. The summed E-state index contributed by atoms with van der Waals surface area (Å²) >= 11 is 0. The zero-order chi connectivity index (χ0) is 18.6. The molecule has 0 aromatic rings. The van der Waals surface area contributed by atoms with Crippen LogP contribution < -0.4 is 0 Å². The fraction of sp³-hybridized carbons (Fsp3) is 0.800. The Hall–Kier alpha value is -0.423. The van der Waals surface area contributed by atoms with E-state index in [0.717, 1.165) is 12.0 Å². The van der Waals surface area contributed by atoms with E-state index >= 15 is 0 Å². The third-order valence-electron chi connectivity index (χ3n) is 7.01. The van der Waals surface area contributed by atoms with E-state index in [2.05, 4.69) is 59.9 Å². The van der Waals surface area contributed by atoms with Gasteiger partial charge in [-0.1, -0.05) is 52.8 Å². The molecule has 0 aliphatic heterocycles. The van der Waals surface area contributed by atoms with Crippen LogP contribution in [0, 0.1) is 11.3 Å². The monoisotopic (exact) mass is 352 g/mol. The Morgan fingerprint density at radius 3 is 2.38 bits per heavy atom. The maximum atomic E-state index is 11.4. The van der Waals surface area contributed by atoms with Gasteiger partial charge >= 0.3 is 0 Å². The molecule has 4 heteroatoms. The van der Waals surface area contributed by atoms with Crippen molar-refractivity contribution in [1.82, 2.24) is 0 Å². The Kier molecular flexibility index (Phi) is 5.04. The second-order valence-electron chi connectivity index (χ2n) is 9.81. The molecule has 4 atom stereocenters. The minimum Gasteiger partial charge on any atom is -0.410 e. The topological polar surface area (TPSA) is 49.7 Å². The molecular weight excluding hydrogens is 316 g/mol. The lowest BCUT2D eigenvalue weighted by molar-refractivity contribution is -0.156. The van der Waals surface area contributed by atoms with E-state index in [9.17, 15) is 10.2 Å². The highest BCUT2D eigenvalue weighted by atomic mass is 28.4. The molecule has 0 spiro atoms. The molecule has 24 heavy (non-hydrogen) atoms. The van der Waals surface area contributed by atoms with Crippen LogP contribution in [0.5, 0.6) is 0 Å². The van der Waals surface area contributed by atoms with Crippen LogP contribution in [0.25, 0.3) is 0 Å². The summed E-state index contributed by atoms with van der Waals surface area (Å²) in [5, 5.41) is 22.3. The van der Waals surface area contributed by atoms with E-state index in [1.807, 2.05) is 13.0 Å². The summed E-state index contributed by atoms with van der Waals surface area (Å²) in [5.41, 5.74) is -0.733. The van der Waals surface area contributed by atoms with Crippen LogP contribution in [0.3, 0.4) is 0 Å². The zero-order valence-electron chi connectivity index (χ0n) is 16.7. The van der Waals surface area contributed by atoms with Crippen LogP contribution in [0.15, 0.2) is 23.8 Å². The van der Waals surface area contributed by atoms with Crippen LogP contribution in [0.2, 0.25) is 18.1 Å². The third-order valence-corrected chi connectivity index (χ3v) is 11.5. The summed E-state index contributed by atoms with van der Waals surface area (Å²) in [6.45, 7) is 17.4. The van der Waals surface area contributed by atoms with E-state index < -0.39 is 25.4 Å². The maximum Gasteiger partial charge on any atom is 0.192 e. The lowest BCUT2D eigenvalue weighted by Gasteiger charge is -2.50. The first kappa shape index (κ1) is 19.9. The van der Waals surface area contributed by atoms with Gasteiger partial charge in [0.2, 0.25) is 0 Å². The molecule has 0 fully saturated rings. The molecule has 0 saturated carbocycles. The molecule has 0 amide bonds. The first-order chi connectivity index (χ1) is 10.7. The summed E-state index contributed by atoms with van der Waals surface area (Å²) in [5.74, 6) is 0.141. The number of fused-ring (bicyclic) bond motifs is 2. The van der Waals surface area contributed by atoms with Crippen molar-refractivity contribution in [2.45, 2.75) is 90.3 Å². The van der Waals surface area contributed by atoms with E-state index in [-0.39, 0.29) is 17.1 Å². The number of allylic oxidation sites excluding steroid dienone is 1. The molecule has 3 nitrogen and oxygen atoms in total. The molecule has 0 aromatic carbocycles. The van der Waals surface area contributed by atoms with Gasteiger partial charge in [0.15, 0.2) is 8.32 Å². The fourth-order valence-corrected chi connectivity index (χ4v) is 5.12. The van der Waals surface area contributed by atoms with Gasteiger partial charge in [0.25, 0.3) is 0 Å². The molecule has 0 unspecified atom stereocenters. The third kappa shape index (κ3) is 3.07.